The Bertz CT molecular complexity index is 1110. The van der Waals surface area contributed by atoms with Crippen molar-refractivity contribution in [1.82, 2.24) is 20.3 Å². The van der Waals surface area contributed by atoms with Gasteiger partial charge in [0.1, 0.15) is 23.5 Å². The van der Waals surface area contributed by atoms with Crippen LogP contribution in [-0.4, -0.2) is 34.0 Å². The Morgan fingerprint density at radius 2 is 2.03 bits per heavy atom. The van der Waals surface area contributed by atoms with Gasteiger partial charge in [0.25, 0.3) is 0 Å². The second-order valence-electron chi connectivity index (χ2n) is 7.72. The van der Waals surface area contributed by atoms with Crippen LogP contribution in [0, 0.1) is 5.92 Å². The number of anilines is 2. The molecule has 1 unspecified atom stereocenters. The number of benzene rings is 1. The van der Waals surface area contributed by atoms with Crippen molar-refractivity contribution in [1.29, 1.82) is 0 Å². The summed E-state index contributed by atoms with van der Waals surface area (Å²) in [5.41, 5.74) is 3.55. The first-order valence-electron chi connectivity index (χ1n) is 9.82. The highest BCUT2D eigenvalue weighted by Gasteiger charge is 2.29. The summed E-state index contributed by atoms with van der Waals surface area (Å²) in [6.07, 6.45) is 3.72. The van der Waals surface area contributed by atoms with E-state index in [0.29, 0.717) is 33.7 Å². The number of halogens is 2. The van der Waals surface area contributed by atoms with Crippen LogP contribution in [0.5, 0.6) is 5.75 Å². The minimum Gasteiger partial charge on any atom is -0.495 e. The number of H-pyrrole nitrogens is 1. The quantitative estimate of drug-likeness (QED) is 0.529. The van der Waals surface area contributed by atoms with E-state index in [1.807, 2.05) is 13.8 Å². The smallest absolute Gasteiger partial charge is 0.223 e. The van der Waals surface area contributed by atoms with Gasteiger partial charge < -0.3 is 20.4 Å². The minimum absolute atomic E-state index is 0.0773. The number of methoxy groups -OCH3 is 1. The van der Waals surface area contributed by atoms with Crippen LogP contribution in [0.2, 0.25) is 10.0 Å². The maximum absolute atomic E-state index is 12.6. The molecular weight excluding hydrogens is 425 g/mol. The molecule has 1 aliphatic rings. The van der Waals surface area contributed by atoms with Gasteiger partial charge in [0, 0.05) is 23.7 Å². The molecule has 0 fully saturated rings. The Kier molecular flexibility index (Phi) is 5.75. The standard InChI is InChI=1S/C21H23Cl2N5O2/c1-10(2)26-21(29)11-4-5-15-12(6-11)18-19(27-15)24-9-25-20(18)28-16-7-13(22)14(23)8-17(16)30-3/h7-11H,4-6H2,1-3H3,(H,26,29)(H2,24,25,27,28). The lowest BCUT2D eigenvalue weighted by atomic mass is 9.86. The summed E-state index contributed by atoms with van der Waals surface area (Å²) in [7, 11) is 1.57. The SMILES string of the molecule is COc1cc(Cl)c(Cl)cc1Nc1ncnc2[nH]c3c(c12)CC(C(=O)NC(C)C)CC3. The zero-order valence-electron chi connectivity index (χ0n) is 17.0. The van der Waals surface area contributed by atoms with E-state index < -0.39 is 0 Å². The minimum atomic E-state index is -0.0773. The number of amides is 1. The van der Waals surface area contributed by atoms with Crippen LogP contribution in [0.25, 0.3) is 11.0 Å². The monoisotopic (exact) mass is 447 g/mol. The summed E-state index contributed by atoms with van der Waals surface area (Å²) in [5.74, 6) is 1.18. The topological polar surface area (TPSA) is 91.9 Å². The summed E-state index contributed by atoms with van der Waals surface area (Å²) in [6, 6.07) is 3.47. The first-order chi connectivity index (χ1) is 14.4. The molecular formula is C21H23Cl2N5O2. The van der Waals surface area contributed by atoms with Gasteiger partial charge in [0.2, 0.25) is 5.91 Å². The number of aromatic amines is 1. The third-order valence-corrected chi connectivity index (χ3v) is 6.00. The van der Waals surface area contributed by atoms with Gasteiger partial charge in [0.15, 0.2) is 0 Å². The van der Waals surface area contributed by atoms with Gasteiger partial charge >= 0.3 is 0 Å². The highest BCUT2D eigenvalue weighted by Crippen LogP contribution is 2.39. The summed E-state index contributed by atoms with van der Waals surface area (Å²) in [5, 5.41) is 8.03. The van der Waals surface area contributed by atoms with Crippen LogP contribution in [0.3, 0.4) is 0 Å². The molecule has 1 amide bonds. The van der Waals surface area contributed by atoms with Crippen LogP contribution < -0.4 is 15.4 Å². The number of rotatable bonds is 5. The summed E-state index contributed by atoms with van der Waals surface area (Å²) in [6.45, 7) is 3.94. The second kappa shape index (κ2) is 8.32. The maximum Gasteiger partial charge on any atom is 0.223 e. The van der Waals surface area contributed by atoms with Crippen molar-refractivity contribution < 1.29 is 9.53 Å². The highest BCUT2D eigenvalue weighted by molar-refractivity contribution is 6.42. The van der Waals surface area contributed by atoms with E-state index in [1.54, 1.807) is 19.2 Å². The Balaban J connectivity index is 1.73. The third kappa shape index (κ3) is 3.91. The van der Waals surface area contributed by atoms with Crippen molar-refractivity contribution >= 4 is 51.6 Å². The average Bonchev–Trinajstić information content (AvgIpc) is 3.08. The number of nitrogens with zero attached hydrogens (tertiary/aromatic N) is 2. The van der Waals surface area contributed by atoms with Crippen molar-refractivity contribution in [2.75, 3.05) is 12.4 Å². The molecule has 2 aromatic heterocycles. The van der Waals surface area contributed by atoms with Gasteiger partial charge in [-0.2, -0.15) is 0 Å². The fourth-order valence-electron chi connectivity index (χ4n) is 3.88. The van der Waals surface area contributed by atoms with Crippen LogP contribution in [-0.2, 0) is 17.6 Å². The molecule has 30 heavy (non-hydrogen) atoms. The molecule has 7 nitrogen and oxygen atoms in total. The number of carbonyl (C=O) groups excluding carboxylic acids is 1. The first kappa shape index (κ1) is 20.8. The normalized spacial score (nSPS) is 15.9. The van der Waals surface area contributed by atoms with Crippen molar-refractivity contribution in [3.05, 3.63) is 39.8 Å². The Morgan fingerprint density at radius 1 is 1.27 bits per heavy atom. The number of aryl methyl sites for hydroxylation is 1. The van der Waals surface area contributed by atoms with E-state index in [2.05, 4.69) is 25.6 Å². The number of aromatic nitrogens is 3. The molecule has 1 aliphatic carbocycles. The van der Waals surface area contributed by atoms with Gasteiger partial charge in [-0.05, 0) is 44.7 Å². The van der Waals surface area contributed by atoms with E-state index in [0.717, 1.165) is 35.1 Å². The fourth-order valence-corrected chi connectivity index (χ4v) is 4.20. The number of nitrogens with one attached hydrogen (secondary N) is 3. The van der Waals surface area contributed by atoms with E-state index in [-0.39, 0.29) is 17.9 Å². The molecule has 1 aromatic carbocycles. The molecule has 158 valence electrons. The predicted molar refractivity (Wildman–Crippen MR) is 119 cm³/mol. The zero-order chi connectivity index (χ0) is 21.4. The first-order valence-corrected chi connectivity index (χ1v) is 10.6. The molecule has 3 aromatic rings. The lowest BCUT2D eigenvalue weighted by molar-refractivity contribution is -0.125. The Morgan fingerprint density at radius 3 is 2.77 bits per heavy atom. The number of carbonyl (C=O) groups is 1. The molecule has 0 aliphatic heterocycles. The second-order valence-corrected chi connectivity index (χ2v) is 8.54. The van der Waals surface area contributed by atoms with E-state index >= 15 is 0 Å². The van der Waals surface area contributed by atoms with Gasteiger partial charge in [-0.25, -0.2) is 9.97 Å². The molecule has 0 saturated carbocycles. The molecule has 0 bridgehead atoms. The molecule has 3 N–H and O–H groups in total. The van der Waals surface area contributed by atoms with E-state index in [1.165, 1.54) is 6.33 Å². The summed E-state index contributed by atoms with van der Waals surface area (Å²) in [4.78, 5) is 24.8. The zero-order valence-corrected chi connectivity index (χ0v) is 18.5. The van der Waals surface area contributed by atoms with Crippen LogP contribution in [0.15, 0.2) is 18.5 Å². The van der Waals surface area contributed by atoms with Crippen LogP contribution in [0.4, 0.5) is 11.5 Å². The van der Waals surface area contributed by atoms with E-state index in [9.17, 15) is 4.79 Å². The van der Waals surface area contributed by atoms with Crippen molar-refractivity contribution in [3.8, 4) is 5.75 Å². The molecule has 0 spiro atoms. The molecule has 0 radical (unpaired) electrons. The molecule has 2 heterocycles. The van der Waals surface area contributed by atoms with Crippen molar-refractivity contribution in [3.63, 3.8) is 0 Å². The van der Waals surface area contributed by atoms with E-state index in [4.69, 9.17) is 27.9 Å². The molecule has 9 heteroatoms. The Hall–Kier alpha value is -2.51. The van der Waals surface area contributed by atoms with Gasteiger partial charge in [-0.3, -0.25) is 4.79 Å². The lowest BCUT2D eigenvalue weighted by Crippen LogP contribution is -2.37. The number of fused-ring (bicyclic) bond motifs is 3. The van der Waals surface area contributed by atoms with Crippen LogP contribution in [0.1, 0.15) is 31.5 Å². The van der Waals surface area contributed by atoms with Gasteiger partial charge in [0.05, 0.1) is 28.2 Å². The summed E-state index contributed by atoms with van der Waals surface area (Å²) < 4.78 is 5.44. The maximum atomic E-state index is 12.6. The van der Waals surface area contributed by atoms with Crippen LogP contribution >= 0.6 is 23.2 Å². The predicted octanol–water partition coefficient (Wildman–Crippen LogP) is 4.65. The Labute approximate surface area is 184 Å². The lowest BCUT2D eigenvalue weighted by Gasteiger charge is -2.23. The number of hydrogen-bond acceptors (Lipinski definition) is 5. The summed E-state index contributed by atoms with van der Waals surface area (Å²) >= 11 is 12.3. The fraction of sp³-hybridized carbons (Fsp3) is 0.381. The largest absolute Gasteiger partial charge is 0.495 e. The van der Waals surface area contributed by atoms with Gasteiger partial charge in [-0.1, -0.05) is 23.2 Å². The van der Waals surface area contributed by atoms with Gasteiger partial charge in [-0.15, -0.1) is 0 Å². The highest BCUT2D eigenvalue weighted by atomic mass is 35.5. The molecule has 4 rings (SSSR count). The third-order valence-electron chi connectivity index (χ3n) is 5.27. The van der Waals surface area contributed by atoms with Crippen molar-refractivity contribution in [2.24, 2.45) is 5.92 Å². The number of hydrogen-bond donors (Lipinski definition) is 3. The number of ether oxygens (including phenoxy) is 1. The molecule has 0 saturated heterocycles. The van der Waals surface area contributed by atoms with Crippen molar-refractivity contribution in [2.45, 2.75) is 39.2 Å². The molecule has 1 atom stereocenters. The average molecular weight is 448 g/mol.